The second-order valence-corrected chi connectivity index (χ2v) is 12.1. The van der Waals surface area contributed by atoms with E-state index in [2.05, 4.69) is 15.6 Å². The zero-order valence-electron chi connectivity index (χ0n) is 22.5. The molecular formula is C29H34F4N4OS. The van der Waals surface area contributed by atoms with Crippen LogP contribution in [0.5, 0.6) is 0 Å². The Morgan fingerprint density at radius 2 is 1.79 bits per heavy atom. The number of nitrogens with zero attached hydrogens (tertiary/aromatic N) is 2. The van der Waals surface area contributed by atoms with E-state index in [0.717, 1.165) is 29.5 Å². The summed E-state index contributed by atoms with van der Waals surface area (Å²) in [5.74, 6) is 0. The summed E-state index contributed by atoms with van der Waals surface area (Å²) in [6, 6.07) is 14.2. The van der Waals surface area contributed by atoms with Crippen LogP contribution in [0.3, 0.4) is 0 Å². The van der Waals surface area contributed by atoms with Gasteiger partial charge in [-0.2, -0.15) is 17.6 Å². The van der Waals surface area contributed by atoms with Gasteiger partial charge >= 0.3 is 12.2 Å². The van der Waals surface area contributed by atoms with Crippen LogP contribution in [0.25, 0.3) is 0 Å². The van der Waals surface area contributed by atoms with Gasteiger partial charge in [-0.1, -0.05) is 24.3 Å². The molecule has 2 aromatic heterocycles. The summed E-state index contributed by atoms with van der Waals surface area (Å²) in [5, 5.41) is 4.51. The van der Waals surface area contributed by atoms with Crippen LogP contribution < -0.4 is 10.6 Å². The summed E-state index contributed by atoms with van der Waals surface area (Å²) in [6.07, 6.45) is -2.41. The van der Waals surface area contributed by atoms with Gasteiger partial charge in [0, 0.05) is 40.0 Å². The number of likely N-dealkylation sites (tertiary alicyclic amines) is 1. The number of rotatable bonds is 8. The van der Waals surface area contributed by atoms with E-state index in [1.165, 1.54) is 6.07 Å². The van der Waals surface area contributed by atoms with E-state index < -0.39 is 28.7 Å². The lowest BCUT2D eigenvalue weighted by atomic mass is 9.66. The van der Waals surface area contributed by atoms with Crippen LogP contribution in [0.1, 0.15) is 49.7 Å². The first-order valence-electron chi connectivity index (χ1n) is 12.9. The number of aryl methyl sites for hydroxylation is 2. The molecule has 2 N–H and O–H groups in total. The molecule has 1 saturated heterocycles. The summed E-state index contributed by atoms with van der Waals surface area (Å²) in [5.41, 5.74) is -2.40. The molecule has 10 heteroatoms. The number of anilines is 1. The lowest BCUT2D eigenvalue weighted by molar-refractivity contribution is -0.223. The predicted molar refractivity (Wildman–Crippen MR) is 146 cm³/mol. The fourth-order valence-corrected chi connectivity index (χ4v) is 6.21. The molecule has 0 bridgehead atoms. The maximum absolute atomic E-state index is 15.1. The molecule has 3 aromatic rings. The van der Waals surface area contributed by atoms with Crippen molar-refractivity contribution >= 4 is 23.1 Å². The van der Waals surface area contributed by atoms with E-state index in [-0.39, 0.29) is 30.9 Å². The molecule has 1 fully saturated rings. The topological polar surface area (TPSA) is 57.3 Å². The fourth-order valence-electron chi connectivity index (χ4n) is 5.49. The zero-order chi connectivity index (χ0) is 28.5. The van der Waals surface area contributed by atoms with Gasteiger partial charge in [-0.25, -0.2) is 4.79 Å². The number of urea groups is 1. The van der Waals surface area contributed by atoms with Crippen molar-refractivity contribution in [3.8, 4) is 0 Å². The van der Waals surface area contributed by atoms with Crippen LogP contribution in [0.2, 0.25) is 0 Å². The number of hydrogen-bond acceptors (Lipinski definition) is 4. The van der Waals surface area contributed by atoms with E-state index in [9.17, 15) is 9.18 Å². The number of aromatic nitrogens is 1. The van der Waals surface area contributed by atoms with Gasteiger partial charge in [0.1, 0.15) is 5.54 Å². The number of carbonyl (C=O) groups is 1. The quantitative estimate of drug-likeness (QED) is 0.284. The average Bonchev–Trinajstić information content (AvgIpc) is 3.50. The molecule has 0 spiro atoms. The normalized spacial score (nSPS) is 20.0. The number of pyridine rings is 1. The highest BCUT2D eigenvalue weighted by atomic mass is 32.1. The lowest BCUT2D eigenvalue weighted by Gasteiger charge is -2.49. The second-order valence-electron chi connectivity index (χ2n) is 11.0. The fraction of sp³-hybridized carbons (Fsp3) is 0.448. The highest BCUT2D eigenvalue weighted by Gasteiger charge is 2.66. The Bertz CT molecular complexity index is 1280. The Morgan fingerprint density at radius 3 is 2.38 bits per heavy atom. The van der Waals surface area contributed by atoms with Crippen LogP contribution in [0.15, 0.2) is 60.8 Å². The van der Waals surface area contributed by atoms with Crippen molar-refractivity contribution in [2.75, 3.05) is 18.4 Å². The first-order chi connectivity index (χ1) is 18.3. The maximum atomic E-state index is 15.1. The molecule has 4 rings (SSSR count). The van der Waals surface area contributed by atoms with Crippen LogP contribution in [-0.2, 0) is 12.0 Å². The van der Waals surface area contributed by atoms with E-state index in [0.29, 0.717) is 17.1 Å². The van der Waals surface area contributed by atoms with Crippen LogP contribution in [-0.4, -0.2) is 40.7 Å². The molecule has 39 heavy (non-hydrogen) atoms. The number of nitrogens with one attached hydrogen (secondary N) is 2. The molecule has 0 aliphatic carbocycles. The Kier molecular flexibility index (Phi) is 8.10. The first-order valence-corrected chi connectivity index (χ1v) is 13.7. The number of benzene rings is 1. The first kappa shape index (κ1) is 29.0. The average molecular weight is 563 g/mol. The molecule has 1 aliphatic rings. The van der Waals surface area contributed by atoms with Gasteiger partial charge in [-0.15, -0.1) is 11.3 Å². The molecule has 1 aliphatic heterocycles. The van der Waals surface area contributed by atoms with Crippen molar-refractivity contribution < 1.29 is 22.4 Å². The van der Waals surface area contributed by atoms with Crippen LogP contribution >= 0.6 is 11.3 Å². The Morgan fingerprint density at radius 1 is 1.08 bits per heavy atom. The van der Waals surface area contributed by atoms with Gasteiger partial charge in [0.05, 0.1) is 0 Å². The number of hydrogen-bond donors (Lipinski definition) is 2. The van der Waals surface area contributed by atoms with Gasteiger partial charge in [0.15, 0.2) is 5.13 Å². The Hall–Kier alpha value is -2.98. The minimum Gasteiger partial charge on any atom is -0.323 e. The van der Waals surface area contributed by atoms with Gasteiger partial charge in [-0.3, -0.25) is 9.88 Å². The molecule has 2 amide bonds. The third-order valence-electron chi connectivity index (χ3n) is 8.26. The molecular weight excluding hydrogens is 528 g/mol. The highest BCUT2D eigenvalue weighted by molar-refractivity contribution is 7.10. The smallest absolute Gasteiger partial charge is 0.323 e. The van der Waals surface area contributed by atoms with Crippen molar-refractivity contribution in [1.29, 1.82) is 0 Å². The van der Waals surface area contributed by atoms with E-state index in [1.807, 2.05) is 37.8 Å². The maximum Gasteiger partial charge on any atom is 0.411 e. The van der Waals surface area contributed by atoms with Gasteiger partial charge < -0.3 is 10.6 Å². The highest BCUT2D eigenvalue weighted by Crippen LogP contribution is 2.53. The molecule has 5 nitrogen and oxygen atoms in total. The standard InChI is InChI=1S/C29H34F4N4OS/c1-20-10-11-21(18-34-20)26(2,3)37-17-16-28(19-37,15-14-23-12-13-24(30)39-23)27(4,29(31,32)33)36-25(38)35-22-8-6-5-7-9-22/h5-13,18H,14-17,19H2,1-4H3,(H2,35,36,38)/t27?,28-/m1/s1. The van der Waals surface area contributed by atoms with Crippen molar-refractivity contribution in [3.05, 3.63) is 82.1 Å². The van der Waals surface area contributed by atoms with Crippen LogP contribution in [0.4, 0.5) is 28.0 Å². The summed E-state index contributed by atoms with van der Waals surface area (Å²) in [6.45, 7) is 7.40. The molecule has 0 radical (unpaired) electrons. The summed E-state index contributed by atoms with van der Waals surface area (Å²) in [7, 11) is 0. The third-order valence-corrected chi connectivity index (χ3v) is 9.20. The molecule has 1 aromatic carbocycles. The van der Waals surface area contributed by atoms with E-state index >= 15 is 13.2 Å². The predicted octanol–water partition coefficient (Wildman–Crippen LogP) is 7.29. The summed E-state index contributed by atoms with van der Waals surface area (Å²) in [4.78, 5) is 20.1. The minimum absolute atomic E-state index is 0.0867. The Balaban J connectivity index is 1.69. The van der Waals surface area contributed by atoms with Gasteiger partial charge in [-0.05, 0) is 89.4 Å². The number of para-hydroxylation sites is 1. The monoisotopic (exact) mass is 562 g/mol. The second kappa shape index (κ2) is 10.9. The molecule has 1 unspecified atom stereocenters. The molecule has 2 atom stereocenters. The number of carbonyl (C=O) groups excluding carboxylic acids is 1. The zero-order valence-corrected chi connectivity index (χ0v) is 23.3. The third kappa shape index (κ3) is 5.96. The van der Waals surface area contributed by atoms with Crippen molar-refractivity contribution in [3.63, 3.8) is 0 Å². The van der Waals surface area contributed by atoms with Crippen molar-refractivity contribution in [2.45, 2.75) is 64.2 Å². The van der Waals surface area contributed by atoms with Crippen molar-refractivity contribution in [2.24, 2.45) is 5.41 Å². The summed E-state index contributed by atoms with van der Waals surface area (Å²) >= 11 is 0.939. The van der Waals surface area contributed by atoms with Crippen molar-refractivity contribution in [1.82, 2.24) is 15.2 Å². The number of thiophene rings is 1. The molecule has 210 valence electrons. The number of halogens is 4. The Labute approximate surface area is 230 Å². The minimum atomic E-state index is -4.76. The van der Waals surface area contributed by atoms with E-state index in [4.69, 9.17) is 0 Å². The van der Waals surface area contributed by atoms with Crippen LogP contribution in [0, 0.1) is 17.5 Å². The molecule has 3 heterocycles. The number of alkyl halides is 3. The summed E-state index contributed by atoms with van der Waals surface area (Å²) < 4.78 is 59.0. The molecule has 0 saturated carbocycles. The SMILES string of the molecule is Cc1ccc(C(C)(C)N2CC[C@@](CCc3ccc(F)s3)(C(C)(NC(=O)Nc3ccccc3)C(F)(F)F)C2)cn1. The largest absolute Gasteiger partial charge is 0.411 e. The lowest BCUT2D eigenvalue weighted by Crippen LogP contribution is -2.68. The van der Waals surface area contributed by atoms with Gasteiger partial charge in [0.25, 0.3) is 0 Å². The van der Waals surface area contributed by atoms with Gasteiger partial charge in [0.2, 0.25) is 0 Å². The van der Waals surface area contributed by atoms with E-state index in [1.54, 1.807) is 42.6 Å². The number of amides is 2.